The van der Waals surface area contributed by atoms with Gasteiger partial charge in [-0.25, -0.2) is 10.4 Å². The van der Waals surface area contributed by atoms with E-state index in [0.717, 1.165) is 57.1 Å². The first-order valence-electron chi connectivity index (χ1n) is 15.9. The molecule has 1 saturated heterocycles. The monoisotopic (exact) mass is 645 g/mol. The summed E-state index contributed by atoms with van der Waals surface area (Å²) in [6.45, 7) is 10.1. The number of thiazole rings is 1. The molecular formula is C34H43N5O4SSi. The molecule has 1 aromatic carbocycles. The lowest BCUT2D eigenvalue weighted by molar-refractivity contribution is -0.154. The van der Waals surface area contributed by atoms with Gasteiger partial charge in [-0.1, -0.05) is 19.9 Å². The lowest BCUT2D eigenvalue weighted by Crippen LogP contribution is -2.56. The van der Waals surface area contributed by atoms with Gasteiger partial charge in [0, 0.05) is 81.4 Å². The maximum Gasteiger partial charge on any atom is 0.324 e. The minimum absolute atomic E-state index is 0.0365. The normalized spacial score (nSPS) is 21.5. The Bertz CT molecular complexity index is 1730. The average molecular weight is 646 g/mol. The number of pyridine rings is 1. The molecule has 1 N–H and O–H groups in total. The summed E-state index contributed by atoms with van der Waals surface area (Å²) in [6.07, 6.45) is 4.30. The second-order valence-electron chi connectivity index (χ2n) is 13.1. The van der Waals surface area contributed by atoms with E-state index in [1.165, 1.54) is 5.56 Å². The molecule has 0 saturated carbocycles. The fourth-order valence-electron chi connectivity index (χ4n) is 6.62. The Morgan fingerprint density at radius 2 is 2.09 bits per heavy atom. The Morgan fingerprint density at radius 1 is 1.27 bits per heavy atom. The molecule has 2 aliphatic rings. The zero-order chi connectivity index (χ0) is 31.9. The molecule has 6 rings (SSSR count). The number of methoxy groups -OCH3 is 1. The van der Waals surface area contributed by atoms with E-state index in [1.54, 1.807) is 23.5 Å². The zero-order valence-electron chi connectivity index (χ0n) is 27.1. The number of carbonyl (C=O) groups excluding carboxylic acids is 2. The standard InChI is InChI=1S/C34H43N5O4SSi/c1-6-38-27-12-11-21-15-23(27)24(31(38)22-9-7-13-35-30(22)20(2)42-5)17-34(3,4)19-43-33(41)25-10-8-14-39(37-25)32(40)28(45)16-29-36-26(21)18-44-29/h7,9,11-13,15,18,20,25,28,37H,6,8,10,14,16-17,19H2,1-5,45H3/t20-,25-,28-/m0/s1. The number of hydrazine groups is 1. The van der Waals surface area contributed by atoms with Gasteiger partial charge in [-0.15, -0.1) is 11.3 Å². The Balaban J connectivity index is 1.53. The summed E-state index contributed by atoms with van der Waals surface area (Å²) in [4.78, 5) is 36.5. The van der Waals surface area contributed by atoms with Crippen molar-refractivity contribution < 1.29 is 19.1 Å². The minimum Gasteiger partial charge on any atom is -0.464 e. The summed E-state index contributed by atoms with van der Waals surface area (Å²) in [5.41, 5.74) is 10.0. The molecule has 1 amide bonds. The van der Waals surface area contributed by atoms with Crippen LogP contribution in [-0.4, -0.2) is 68.0 Å². The average Bonchev–Trinajstić information content (AvgIpc) is 3.64. The molecule has 4 aromatic rings. The number of hydrogen-bond donors (Lipinski definition) is 1. The lowest BCUT2D eigenvalue weighted by atomic mass is 9.84. The number of nitrogens with zero attached hydrogens (tertiary/aromatic N) is 4. The molecule has 0 unspecified atom stereocenters. The van der Waals surface area contributed by atoms with Gasteiger partial charge in [0.05, 0.1) is 34.8 Å². The van der Waals surface area contributed by atoms with E-state index >= 15 is 0 Å². The number of aryl methyl sites for hydroxylation is 1. The molecule has 1 fully saturated rings. The third kappa shape index (κ3) is 6.23. The fraction of sp³-hybridized carbons (Fsp3) is 0.471. The SMILES string of the molecule is CCn1c(-c2cccnc2[C@H](C)OC)c2c3cc(ccc31)-c1csc(n1)C[C@H]([SiH3])C(=O)N1CCC[C@H](N1)C(=O)OCC(C)(C)C2. The molecule has 5 heterocycles. The van der Waals surface area contributed by atoms with Gasteiger partial charge in [0.25, 0.3) is 0 Å². The van der Waals surface area contributed by atoms with Crippen LogP contribution in [0.1, 0.15) is 62.9 Å². The second kappa shape index (κ2) is 12.8. The molecule has 3 aromatic heterocycles. The Hall–Kier alpha value is -3.38. The van der Waals surface area contributed by atoms with E-state index < -0.39 is 6.04 Å². The summed E-state index contributed by atoms with van der Waals surface area (Å²) in [5.74, 6) is -0.271. The Kier molecular flexibility index (Phi) is 8.97. The van der Waals surface area contributed by atoms with E-state index in [2.05, 4.69) is 60.4 Å². The Morgan fingerprint density at radius 3 is 2.87 bits per heavy atom. The number of ether oxygens (including phenoxy) is 2. The first-order valence-corrected chi connectivity index (χ1v) is 18.0. The van der Waals surface area contributed by atoms with Gasteiger partial charge in [0.15, 0.2) is 0 Å². The van der Waals surface area contributed by atoms with E-state index in [4.69, 9.17) is 19.4 Å². The van der Waals surface area contributed by atoms with Crippen LogP contribution in [0.25, 0.3) is 33.4 Å². The van der Waals surface area contributed by atoms with Gasteiger partial charge in [-0.3, -0.25) is 19.6 Å². The smallest absolute Gasteiger partial charge is 0.324 e. The maximum absolute atomic E-state index is 13.4. The summed E-state index contributed by atoms with van der Waals surface area (Å²) >= 11 is 1.61. The van der Waals surface area contributed by atoms with Gasteiger partial charge in [0.1, 0.15) is 6.04 Å². The van der Waals surface area contributed by atoms with E-state index in [1.807, 2.05) is 19.2 Å². The second-order valence-corrected chi connectivity index (χ2v) is 15.4. The molecule has 0 aliphatic carbocycles. The van der Waals surface area contributed by atoms with Crippen LogP contribution >= 0.6 is 11.3 Å². The highest BCUT2D eigenvalue weighted by Gasteiger charge is 2.34. The van der Waals surface area contributed by atoms with Crippen molar-refractivity contribution in [3.63, 3.8) is 0 Å². The molecule has 6 bridgehead atoms. The number of cyclic esters (lactones) is 1. The Labute approximate surface area is 271 Å². The number of fused-ring (bicyclic) bond motifs is 6. The third-order valence-electron chi connectivity index (χ3n) is 9.06. The van der Waals surface area contributed by atoms with Crippen LogP contribution in [0.2, 0.25) is 5.54 Å². The van der Waals surface area contributed by atoms with Crippen LogP contribution in [0.4, 0.5) is 0 Å². The number of rotatable bonds is 4. The van der Waals surface area contributed by atoms with Crippen LogP contribution in [0, 0.1) is 5.41 Å². The van der Waals surface area contributed by atoms with Crippen LogP contribution in [0.3, 0.4) is 0 Å². The van der Waals surface area contributed by atoms with Crippen LogP contribution in [0.5, 0.6) is 0 Å². The van der Waals surface area contributed by atoms with Crippen molar-refractivity contribution in [1.29, 1.82) is 0 Å². The van der Waals surface area contributed by atoms with Gasteiger partial charge >= 0.3 is 5.97 Å². The fourth-order valence-corrected chi connectivity index (χ4v) is 8.54. The number of nitrogens with one attached hydrogen (secondary N) is 1. The summed E-state index contributed by atoms with van der Waals surface area (Å²) in [7, 11) is 2.40. The van der Waals surface area contributed by atoms with Crippen molar-refractivity contribution in [1.82, 2.24) is 25.0 Å². The zero-order valence-corrected chi connectivity index (χ0v) is 29.9. The highest BCUT2D eigenvalue weighted by atomic mass is 32.1. The van der Waals surface area contributed by atoms with Gasteiger partial charge in [-0.05, 0) is 62.9 Å². The third-order valence-corrected chi connectivity index (χ3v) is 10.8. The predicted molar refractivity (Wildman–Crippen MR) is 181 cm³/mol. The van der Waals surface area contributed by atoms with Crippen LogP contribution in [0.15, 0.2) is 41.9 Å². The number of carbonyl (C=O) groups is 2. The maximum atomic E-state index is 13.4. The van der Waals surface area contributed by atoms with E-state index in [-0.39, 0.29) is 35.5 Å². The first kappa shape index (κ1) is 31.6. The molecule has 0 radical (unpaired) electrons. The highest BCUT2D eigenvalue weighted by Crippen LogP contribution is 2.42. The molecule has 45 heavy (non-hydrogen) atoms. The van der Waals surface area contributed by atoms with Crippen molar-refractivity contribution >= 4 is 44.4 Å². The van der Waals surface area contributed by atoms with Gasteiger partial charge in [0.2, 0.25) is 5.91 Å². The number of aromatic nitrogens is 3. The topological polar surface area (TPSA) is 98.6 Å². The van der Waals surface area contributed by atoms with Crippen LogP contribution in [-0.2, 0) is 38.4 Å². The van der Waals surface area contributed by atoms with E-state index in [9.17, 15) is 9.59 Å². The lowest BCUT2D eigenvalue weighted by Gasteiger charge is -2.35. The van der Waals surface area contributed by atoms with Crippen molar-refractivity contribution in [3.05, 3.63) is 58.2 Å². The summed E-state index contributed by atoms with van der Waals surface area (Å²) in [5, 5.41) is 5.85. The predicted octanol–water partition coefficient (Wildman–Crippen LogP) is 4.87. The first-order chi connectivity index (χ1) is 21.6. The minimum atomic E-state index is -0.536. The van der Waals surface area contributed by atoms with Crippen LogP contribution < -0.4 is 5.43 Å². The molecule has 3 atom stereocenters. The molecule has 9 nitrogen and oxygen atoms in total. The van der Waals surface area contributed by atoms with Crippen molar-refractivity contribution in [2.45, 2.75) is 77.6 Å². The molecule has 0 spiro atoms. The molecule has 2 aliphatic heterocycles. The molecule has 238 valence electrons. The van der Waals surface area contributed by atoms with E-state index in [0.29, 0.717) is 36.0 Å². The summed E-state index contributed by atoms with van der Waals surface area (Å²) in [6, 6.07) is 10.2. The number of amides is 1. The van der Waals surface area contributed by atoms with Crippen molar-refractivity contribution in [2.75, 3.05) is 20.3 Å². The highest BCUT2D eigenvalue weighted by molar-refractivity contribution is 7.10. The number of hydrogen-bond acceptors (Lipinski definition) is 8. The molecule has 11 heteroatoms. The summed E-state index contributed by atoms with van der Waals surface area (Å²) < 4.78 is 14.1. The van der Waals surface area contributed by atoms with Gasteiger partial charge < -0.3 is 14.0 Å². The largest absolute Gasteiger partial charge is 0.464 e. The number of esters is 1. The molecular weight excluding hydrogens is 603 g/mol. The van der Waals surface area contributed by atoms with Crippen molar-refractivity contribution in [2.24, 2.45) is 5.41 Å². The number of benzene rings is 1. The quantitative estimate of drug-likeness (QED) is 0.250. The van der Waals surface area contributed by atoms with Gasteiger partial charge in [-0.2, -0.15) is 0 Å². The van der Waals surface area contributed by atoms with Crippen molar-refractivity contribution in [3.8, 4) is 22.5 Å².